The number of hydrogen-bond acceptors (Lipinski definition) is 6. The van der Waals surface area contributed by atoms with Crippen LogP contribution in [0.3, 0.4) is 0 Å². The highest BCUT2D eigenvalue weighted by Crippen LogP contribution is 2.37. The summed E-state index contributed by atoms with van der Waals surface area (Å²) < 4.78 is 23.1. The van der Waals surface area contributed by atoms with E-state index < -0.39 is 0 Å². The second kappa shape index (κ2) is 11.7. The van der Waals surface area contributed by atoms with Crippen molar-refractivity contribution in [1.29, 1.82) is 0 Å². The molecule has 3 aromatic rings. The number of ether oxygens (including phenoxy) is 4. The zero-order valence-corrected chi connectivity index (χ0v) is 21.7. The number of methoxy groups -OCH3 is 1. The van der Waals surface area contributed by atoms with Crippen LogP contribution in [0.15, 0.2) is 58.1 Å². The topological polar surface area (TPSA) is 78.4 Å². The number of amides is 1. The number of nitrogens with one attached hydrogen (secondary N) is 1. The SMILES string of the molecule is COc1cc(/C=N/NC(=O)Cc2ccc3c(c2)OCCO3)cc(Br)c1OCc1ccc(Cl)cc1Cl. The summed E-state index contributed by atoms with van der Waals surface area (Å²) in [6.07, 6.45) is 1.68. The predicted octanol–water partition coefficient (Wildman–Crippen LogP) is 5.81. The quantitative estimate of drug-likeness (QED) is 0.269. The molecule has 0 aliphatic carbocycles. The van der Waals surface area contributed by atoms with Gasteiger partial charge in [-0.15, -0.1) is 0 Å². The average Bonchev–Trinajstić information content (AvgIpc) is 2.84. The maximum atomic E-state index is 12.3. The van der Waals surface area contributed by atoms with E-state index in [1.165, 1.54) is 6.21 Å². The molecule has 35 heavy (non-hydrogen) atoms. The molecule has 0 radical (unpaired) electrons. The normalized spacial score (nSPS) is 12.5. The second-order valence-electron chi connectivity index (χ2n) is 7.51. The minimum atomic E-state index is -0.260. The Balaban J connectivity index is 1.37. The first-order chi connectivity index (χ1) is 16.9. The molecular weight excluding hydrogens is 559 g/mol. The van der Waals surface area contributed by atoms with Gasteiger partial charge in [-0.2, -0.15) is 5.10 Å². The summed E-state index contributed by atoms with van der Waals surface area (Å²) in [4.78, 5) is 12.3. The fraction of sp³-hybridized carbons (Fsp3) is 0.200. The van der Waals surface area contributed by atoms with E-state index in [9.17, 15) is 4.79 Å². The van der Waals surface area contributed by atoms with E-state index in [0.717, 1.165) is 11.1 Å². The van der Waals surface area contributed by atoms with Crippen molar-refractivity contribution in [2.45, 2.75) is 13.0 Å². The molecule has 1 heterocycles. The lowest BCUT2D eigenvalue weighted by atomic mass is 10.1. The van der Waals surface area contributed by atoms with Gasteiger partial charge in [0.1, 0.15) is 19.8 Å². The van der Waals surface area contributed by atoms with Crippen molar-refractivity contribution in [3.05, 3.63) is 79.7 Å². The lowest BCUT2D eigenvalue weighted by Crippen LogP contribution is -2.20. The zero-order chi connectivity index (χ0) is 24.8. The van der Waals surface area contributed by atoms with Gasteiger partial charge in [0.25, 0.3) is 0 Å². The fourth-order valence-electron chi connectivity index (χ4n) is 3.34. The molecule has 0 spiro atoms. The number of fused-ring (bicyclic) bond motifs is 1. The van der Waals surface area contributed by atoms with Crippen molar-refractivity contribution in [1.82, 2.24) is 5.43 Å². The third-order valence-corrected chi connectivity index (χ3v) is 6.19. The molecule has 0 saturated carbocycles. The molecule has 0 saturated heterocycles. The number of carbonyl (C=O) groups is 1. The van der Waals surface area contributed by atoms with Gasteiger partial charge in [0.05, 0.1) is 24.2 Å². The van der Waals surface area contributed by atoms with E-state index in [-0.39, 0.29) is 18.9 Å². The number of carbonyl (C=O) groups excluding carboxylic acids is 1. The van der Waals surface area contributed by atoms with Crippen LogP contribution in [0.2, 0.25) is 10.0 Å². The minimum Gasteiger partial charge on any atom is -0.493 e. The highest BCUT2D eigenvalue weighted by molar-refractivity contribution is 9.10. The number of halogens is 3. The third-order valence-electron chi connectivity index (χ3n) is 5.01. The lowest BCUT2D eigenvalue weighted by Gasteiger charge is -2.18. The van der Waals surface area contributed by atoms with Crippen molar-refractivity contribution in [2.24, 2.45) is 5.10 Å². The number of hydrogen-bond donors (Lipinski definition) is 1. The maximum absolute atomic E-state index is 12.3. The molecule has 0 fully saturated rings. The molecular formula is C25H21BrCl2N2O5. The van der Waals surface area contributed by atoms with Crippen molar-refractivity contribution in [2.75, 3.05) is 20.3 Å². The summed E-state index contributed by atoms with van der Waals surface area (Å²) in [5.74, 6) is 2.07. The molecule has 1 aliphatic rings. The Morgan fingerprint density at radius 2 is 1.91 bits per heavy atom. The van der Waals surface area contributed by atoms with Crippen LogP contribution in [0.5, 0.6) is 23.0 Å². The van der Waals surface area contributed by atoms with E-state index in [4.69, 9.17) is 42.1 Å². The number of rotatable bonds is 8. The van der Waals surface area contributed by atoms with Crippen LogP contribution < -0.4 is 24.4 Å². The Bertz CT molecular complexity index is 1270. The standard InChI is InChI=1S/C25H21BrCl2N2O5/c1-32-23-10-16(8-19(26)25(23)35-14-17-3-4-18(27)12-20(17)28)13-29-30-24(31)11-15-2-5-21-22(9-15)34-7-6-33-21/h2-5,8-10,12-13H,6-7,11,14H2,1H3,(H,30,31)/b29-13+. The summed E-state index contributed by atoms with van der Waals surface area (Å²) in [7, 11) is 1.54. The zero-order valence-electron chi connectivity index (χ0n) is 18.6. The molecule has 3 aromatic carbocycles. The highest BCUT2D eigenvalue weighted by atomic mass is 79.9. The van der Waals surface area contributed by atoms with Crippen LogP contribution in [0.1, 0.15) is 16.7 Å². The first kappa shape index (κ1) is 25.2. The van der Waals surface area contributed by atoms with Crippen molar-refractivity contribution >= 4 is 51.3 Å². The molecule has 0 atom stereocenters. The molecule has 7 nitrogen and oxygen atoms in total. The molecule has 0 bridgehead atoms. The second-order valence-corrected chi connectivity index (χ2v) is 9.20. The minimum absolute atomic E-state index is 0.154. The molecule has 1 aliphatic heterocycles. The Morgan fingerprint density at radius 1 is 1.11 bits per heavy atom. The van der Waals surface area contributed by atoms with E-state index in [0.29, 0.717) is 56.3 Å². The van der Waals surface area contributed by atoms with Crippen LogP contribution >= 0.6 is 39.1 Å². The monoisotopic (exact) mass is 578 g/mol. The highest BCUT2D eigenvalue weighted by Gasteiger charge is 2.14. The summed E-state index contributed by atoms with van der Waals surface area (Å²) in [5, 5.41) is 5.13. The van der Waals surface area contributed by atoms with Gasteiger partial charge in [0.2, 0.25) is 5.91 Å². The largest absolute Gasteiger partial charge is 0.493 e. The Kier molecular flexibility index (Phi) is 8.38. The van der Waals surface area contributed by atoms with Crippen molar-refractivity contribution < 1.29 is 23.7 Å². The number of benzene rings is 3. The summed E-state index contributed by atoms with van der Waals surface area (Å²) >= 11 is 15.7. The first-order valence-corrected chi connectivity index (χ1v) is 12.1. The fourth-order valence-corrected chi connectivity index (χ4v) is 4.38. The predicted molar refractivity (Wildman–Crippen MR) is 138 cm³/mol. The van der Waals surface area contributed by atoms with Gasteiger partial charge in [-0.3, -0.25) is 4.79 Å². The van der Waals surface area contributed by atoms with Gasteiger partial charge in [-0.1, -0.05) is 35.3 Å². The number of hydrazone groups is 1. The van der Waals surface area contributed by atoms with E-state index >= 15 is 0 Å². The van der Waals surface area contributed by atoms with Crippen LogP contribution in [-0.2, 0) is 17.8 Å². The molecule has 0 aromatic heterocycles. The van der Waals surface area contributed by atoms with E-state index in [1.807, 2.05) is 6.07 Å². The van der Waals surface area contributed by atoms with Crippen LogP contribution in [-0.4, -0.2) is 32.4 Å². The lowest BCUT2D eigenvalue weighted by molar-refractivity contribution is -0.120. The van der Waals surface area contributed by atoms with Crippen LogP contribution in [0.25, 0.3) is 0 Å². The summed E-state index contributed by atoms with van der Waals surface area (Å²) in [5.41, 5.74) is 4.82. The smallest absolute Gasteiger partial charge is 0.244 e. The van der Waals surface area contributed by atoms with Crippen LogP contribution in [0.4, 0.5) is 0 Å². The van der Waals surface area contributed by atoms with Gasteiger partial charge >= 0.3 is 0 Å². The first-order valence-electron chi connectivity index (χ1n) is 10.6. The Hall–Kier alpha value is -2.94. The van der Waals surface area contributed by atoms with Gasteiger partial charge in [0, 0.05) is 15.6 Å². The summed E-state index contributed by atoms with van der Waals surface area (Å²) in [6.45, 7) is 1.24. The molecule has 0 unspecified atom stereocenters. The van der Waals surface area contributed by atoms with Gasteiger partial charge in [-0.05, 0) is 63.5 Å². The van der Waals surface area contributed by atoms with E-state index in [2.05, 4.69) is 26.5 Å². The van der Waals surface area contributed by atoms with Gasteiger partial charge < -0.3 is 18.9 Å². The molecule has 4 rings (SSSR count). The van der Waals surface area contributed by atoms with Crippen molar-refractivity contribution in [3.8, 4) is 23.0 Å². The molecule has 182 valence electrons. The maximum Gasteiger partial charge on any atom is 0.244 e. The average molecular weight is 580 g/mol. The molecule has 1 N–H and O–H groups in total. The van der Waals surface area contributed by atoms with Crippen molar-refractivity contribution in [3.63, 3.8) is 0 Å². The molecule has 1 amide bonds. The summed E-state index contributed by atoms with van der Waals surface area (Å²) in [6, 6.07) is 14.2. The Morgan fingerprint density at radius 3 is 2.69 bits per heavy atom. The molecule has 10 heteroatoms. The van der Waals surface area contributed by atoms with Gasteiger partial charge in [0.15, 0.2) is 23.0 Å². The number of nitrogens with zero attached hydrogens (tertiary/aromatic N) is 1. The Labute approximate surface area is 221 Å². The third kappa shape index (κ3) is 6.60. The van der Waals surface area contributed by atoms with Gasteiger partial charge in [-0.25, -0.2) is 5.43 Å². The van der Waals surface area contributed by atoms with Crippen LogP contribution in [0, 0.1) is 0 Å². The van der Waals surface area contributed by atoms with E-state index in [1.54, 1.807) is 49.6 Å².